The average molecular weight is 239 g/mol. The highest BCUT2D eigenvalue weighted by Crippen LogP contribution is 2.19. The van der Waals surface area contributed by atoms with Crippen molar-refractivity contribution in [1.29, 1.82) is 0 Å². The molecular weight excluding hydrogens is 217 g/mol. The van der Waals surface area contributed by atoms with Crippen molar-refractivity contribution in [2.24, 2.45) is 7.05 Å². The van der Waals surface area contributed by atoms with Crippen molar-refractivity contribution >= 4 is 0 Å². The number of nitrogens with zero attached hydrogens (tertiary/aromatic N) is 1. The van der Waals surface area contributed by atoms with Crippen molar-refractivity contribution in [2.75, 3.05) is 0 Å². The van der Waals surface area contributed by atoms with Gasteiger partial charge in [0.15, 0.2) is 0 Å². The van der Waals surface area contributed by atoms with Crippen LogP contribution in [0, 0.1) is 5.82 Å². The van der Waals surface area contributed by atoms with Crippen LogP contribution >= 0.6 is 0 Å². The Hall–Kier alpha value is -1.12. The van der Waals surface area contributed by atoms with E-state index < -0.39 is 0 Å². The van der Waals surface area contributed by atoms with Gasteiger partial charge in [0.05, 0.1) is 0 Å². The van der Waals surface area contributed by atoms with Crippen molar-refractivity contribution in [3.63, 3.8) is 0 Å². The smallest absolute Gasteiger partial charge is 0.253 e. The summed E-state index contributed by atoms with van der Waals surface area (Å²) in [7, 11) is 1.60. The molecule has 1 rings (SSSR count). The second-order valence-electron chi connectivity index (χ2n) is 4.78. The normalized spacial score (nSPS) is 12.7. The van der Waals surface area contributed by atoms with Crippen LogP contribution in [0.2, 0.25) is 0 Å². The Labute approximate surface area is 102 Å². The van der Waals surface area contributed by atoms with E-state index in [2.05, 4.69) is 6.92 Å². The fraction of sp³-hybridized carbons (Fsp3) is 0.643. The number of unbranched alkanes of at least 4 members (excludes halogenated alkanes) is 3. The molecule has 0 amide bonds. The molecule has 1 aromatic heterocycles. The van der Waals surface area contributed by atoms with Gasteiger partial charge in [-0.15, -0.1) is 0 Å². The fourth-order valence-corrected chi connectivity index (χ4v) is 2.08. The van der Waals surface area contributed by atoms with Crippen molar-refractivity contribution < 1.29 is 4.39 Å². The highest BCUT2D eigenvalue weighted by atomic mass is 19.1. The number of rotatable bonds is 6. The summed E-state index contributed by atoms with van der Waals surface area (Å²) in [5.74, 6) is -0.191. The van der Waals surface area contributed by atoms with E-state index in [0.29, 0.717) is 5.56 Å². The van der Waals surface area contributed by atoms with Gasteiger partial charge in [0.1, 0.15) is 5.82 Å². The molecule has 0 spiro atoms. The number of aryl methyl sites for hydroxylation is 1. The molecule has 17 heavy (non-hydrogen) atoms. The van der Waals surface area contributed by atoms with Gasteiger partial charge >= 0.3 is 0 Å². The second kappa shape index (κ2) is 6.58. The molecule has 0 bridgehead atoms. The lowest BCUT2D eigenvalue weighted by molar-refractivity contribution is 0.558. The molecule has 0 radical (unpaired) electrons. The molecule has 1 aromatic rings. The van der Waals surface area contributed by atoms with E-state index in [4.69, 9.17) is 0 Å². The third-order valence-electron chi connectivity index (χ3n) is 3.20. The van der Waals surface area contributed by atoms with Crippen molar-refractivity contribution in [3.05, 3.63) is 34.0 Å². The molecule has 0 aliphatic heterocycles. The Balaban J connectivity index is 2.68. The van der Waals surface area contributed by atoms with Gasteiger partial charge in [-0.1, -0.05) is 39.5 Å². The number of hydrogen-bond acceptors (Lipinski definition) is 1. The average Bonchev–Trinajstić information content (AvgIpc) is 2.29. The third kappa shape index (κ3) is 3.99. The first-order chi connectivity index (χ1) is 8.06. The van der Waals surface area contributed by atoms with E-state index in [1.54, 1.807) is 7.05 Å². The lowest BCUT2D eigenvalue weighted by atomic mass is 9.96. The molecule has 96 valence electrons. The van der Waals surface area contributed by atoms with Gasteiger partial charge in [-0.3, -0.25) is 4.79 Å². The quantitative estimate of drug-likeness (QED) is 0.695. The molecule has 0 N–H and O–H groups in total. The van der Waals surface area contributed by atoms with Crippen LogP contribution in [0.1, 0.15) is 57.4 Å². The predicted octanol–water partition coefficient (Wildman–Crippen LogP) is 3.60. The van der Waals surface area contributed by atoms with Crippen LogP contribution in [0.15, 0.2) is 17.1 Å². The lowest BCUT2D eigenvalue weighted by Crippen LogP contribution is -2.22. The molecule has 0 aliphatic carbocycles. The molecule has 1 atom stereocenters. The van der Waals surface area contributed by atoms with Crippen molar-refractivity contribution in [3.8, 4) is 0 Å². The second-order valence-corrected chi connectivity index (χ2v) is 4.78. The van der Waals surface area contributed by atoms with Gasteiger partial charge in [-0.2, -0.15) is 0 Å². The molecule has 0 saturated heterocycles. The lowest BCUT2D eigenvalue weighted by Gasteiger charge is -2.12. The molecular formula is C14H22FNO. The zero-order valence-corrected chi connectivity index (χ0v) is 11.0. The van der Waals surface area contributed by atoms with E-state index in [1.165, 1.54) is 36.1 Å². The van der Waals surface area contributed by atoms with Crippen molar-refractivity contribution in [2.45, 2.75) is 51.9 Å². The summed E-state index contributed by atoms with van der Waals surface area (Å²) in [5, 5.41) is 0. The summed E-state index contributed by atoms with van der Waals surface area (Å²) >= 11 is 0. The highest BCUT2D eigenvalue weighted by Gasteiger charge is 2.12. The first-order valence-electron chi connectivity index (χ1n) is 6.42. The topological polar surface area (TPSA) is 22.0 Å². The Kier molecular flexibility index (Phi) is 5.39. The van der Waals surface area contributed by atoms with Crippen LogP contribution in [-0.2, 0) is 7.05 Å². The summed E-state index contributed by atoms with van der Waals surface area (Å²) in [6.45, 7) is 4.17. The van der Waals surface area contributed by atoms with Gasteiger partial charge < -0.3 is 4.57 Å². The Morgan fingerprint density at radius 1 is 1.35 bits per heavy atom. The summed E-state index contributed by atoms with van der Waals surface area (Å²) in [6.07, 6.45) is 6.92. The largest absolute Gasteiger partial charge is 0.315 e. The van der Waals surface area contributed by atoms with E-state index in [-0.39, 0.29) is 17.3 Å². The summed E-state index contributed by atoms with van der Waals surface area (Å²) < 4.78 is 14.6. The zero-order chi connectivity index (χ0) is 12.8. The minimum absolute atomic E-state index is 0.0746. The van der Waals surface area contributed by atoms with Crippen LogP contribution in [0.4, 0.5) is 4.39 Å². The Bertz CT molecular complexity index is 411. The number of aromatic nitrogens is 1. The highest BCUT2D eigenvalue weighted by molar-refractivity contribution is 5.16. The Morgan fingerprint density at radius 2 is 2.06 bits per heavy atom. The van der Waals surface area contributed by atoms with Crippen LogP contribution in [-0.4, -0.2) is 4.57 Å². The first-order valence-corrected chi connectivity index (χ1v) is 6.42. The van der Waals surface area contributed by atoms with E-state index in [0.717, 1.165) is 12.8 Å². The van der Waals surface area contributed by atoms with E-state index in [1.807, 2.05) is 6.92 Å². The molecule has 0 saturated carbocycles. The summed E-state index contributed by atoms with van der Waals surface area (Å²) in [6, 6.07) is 1.38. The van der Waals surface area contributed by atoms with Crippen LogP contribution in [0.5, 0.6) is 0 Å². The maximum Gasteiger partial charge on any atom is 0.253 e. The maximum absolute atomic E-state index is 13.3. The van der Waals surface area contributed by atoms with Gasteiger partial charge in [0.25, 0.3) is 5.56 Å². The van der Waals surface area contributed by atoms with Crippen LogP contribution < -0.4 is 5.56 Å². The first kappa shape index (κ1) is 13.9. The van der Waals surface area contributed by atoms with Gasteiger partial charge in [0.2, 0.25) is 0 Å². The predicted molar refractivity (Wildman–Crippen MR) is 68.8 cm³/mol. The van der Waals surface area contributed by atoms with Crippen LogP contribution in [0.3, 0.4) is 0 Å². The van der Waals surface area contributed by atoms with E-state index >= 15 is 0 Å². The fourth-order valence-electron chi connectivity index (χ4n) is 2.08. The molecule has 0 aromatic carbocycles. The molecule has 0 fully saturated rings. The monoisotopic (exact) mass is 239 g/mol. The minimum Gasteiger partial charge on any atom is -0.315 e. The number of hydrogen-bond donors (Lipinski definition) is 0. The van der Waals surface area contributed by atoms with Gasteiger partial charge in [-0.25, -0.2) is 4.39 Å². The molecule has 1 unspecified atom stereocenters. The molecule has 2 nitrogen and oxygen atoms in total. The molecule has 1 heterocycles. The Morgan fingerprint density at radius 3 is 2.71 bits per heavy atom. The standard InChI is InChI=1S/C14H22FNO/c1-4-5-6-7-8-11(2)13-9-12(15)10-16(3)14(13)17/h9-11H,4-8H2,1-3H3. The van der Waals surface area contributed by atoms with Gasteiger partial charge in [0, 0.05) is 18.8 Å². The van der Waals surface area contributed by atoms with E-state index in [9.17, 15) is 9.18 Å². The van der Waals surface area contributed by atoms with Crippen LogP contribution in [0.25, 0.3) is 0 Å². The molecule has 3 heteroatoms. The third-order valence-corrected chi connectivity index (χ3v) is 3.20. The molecule has 0 aliphatic rings. The minimum atomic E-state index is -0.331. The zero-order valence-electron chi connectivity index (χ0n) is 11.0. The van der Waals surface area contributed by atoms with Crippen molar-refractivity contribution in [1.82, 2.24) is 4.57 Å². The number of pyridine rings is 1. The number of halogens is 1. The SMILES string of the molecule is CCCCCCC(C)c1cc(F)cn(C)c1=O. The van der Waals surface area contributed by atoms with Gasteiger partial charge in [-0.05, 0) is 18.4 Å². The summed E-state index contributed by atoms with van der Waals surface area (Å²) in [5.41, 5.74) is 0.526. The maximum atomic E-state index is 13.3. The summed E-state index contributed by atoms with van der Waals surface area (Å²) in [4.78, 5) is 11.8.